The van der Waals surface area contributed by atoms with Crippen molar-refractivity contribution in [2.75, 3.05) is 29.7 Å². The minimum Gasteiger partial charge on any atom is -0.494 e. The number of allylic oxidation sites excluding steroid dienone is 1. The van der Waals surface area contributed by atoms with E-state index in [-0.39, 0.29) is 41.0 Å². The second-order valence-corrected chi connectivity index (χ2v) is 10.9. The predicted molar refractivity (Wildman–Crippen MR) is 140 cm³/mol. The smallest absolute Gasteiger partial charge is 0.229 e. The van der Waals surface area contributed by atoms with Gasteiger partial charge in [0.25, 0.3) is 0 Å². The summed E-state index contributed by atoms with van der Waals surface area (Å²) in [5, 5.41) is 6.97. The normalized spacial score (nSPS) is 25.9. The fourth-order valence-electron chi connectivity index (χ4n) is 5.73. The first-order valence-electron chi connectivity index (χ1n) is 12.1. The van der Waals surface area contributed by atoms with E-state index >= 15 is 0 Å². The number of carbonyl (C=O) groups excluding carboxylic acids is 2. The molecule has 1 aliphatic heterocycles. The van der Waals surface area contributed by atoms with Gasteiger partial charge in [-0.3, -0.25) is 9.59 Å². The number of anilines is 4. The molecule has 1 aromatic carbocycles. The van der Waals surface area contributed by atoms with Crippen molar-refractivity contribution in [3.8, 4) is 5.75 Å². The Hall–Kier alpha value is -3.33. The number of primary amides is 1. The van der Waals surface area contributed by atoms with Gasteiger partial charge in [0.2, 0.25) is 17.8 Å². The summed E-state index contributed by atoms with van der Waals surface area (Å²) in [4.78, 5) is 35.4. The van der Waals surface area contributed by atoms with Crippen molar-refractivity contribution in [3.05, 3.63) is 41.1 Å². The largest absolute Gasteiger partial charge is 0.494 e. The molecule has 0 radical (unpaired) electrons. The average molecular weight is 511 g/mol. The number of fused-ring (bicyclic) bond motifs is 3. The van der Waals surface area contributed by atoms with Crippen LogP contribution in [0.25, 0.3) is 0 Å². The Morgan fingerprint density at radius 1 is 1.28 bits per heavy atom. The lowest BCUT2D eigenvalue weighted by Crippen LogP contribution is -2.41. The summed E-state index contributed by atoms with van der Waals surface area (Å²) in [5.41, 5.74) is 8.03. The standard InChI is InChI=1S/C26H31ClN6O3/c1-26(2)8-7-20(34)33(3)18-11-19(36-4)17(10-15(18)26)30-25-29-12-16(27)24(32-25)31-22-14-6-5-13(9-14)21(22)23(28)35/h5-6,10-14,21-22H,7-9H2,1-4H3,(H2,28,35)(H2,29,30,31,32)/t13-,14+,21+,22-/m1/s1. The summed E-state index contributed by atoms with van der Waals surface area (Å²) in [6.45, 7) is 4.27. The number of aromatic nitrogens is 2. The summed E-state index contributed by atoms with van der Waals surface area (Å²) in [7, 11) is 3.37. The fourth-order valence-corrected chi connectivity index (χ4v) is 5.87. The third kappa shape index (κ3) is 4.15. The zero-order chi connectivity index (χ0) is 25.8. The molecule has 0 spiro atoms. The minimum absolute atomic E-state index is 0.0751. The molecule has 10 heteroatoms. The summed E-state index contributed by atoms with van der Waals surface area (Å²) >= 11 is 6.43. The molecule has 0 saturated heterocycles. The van der Waals surface area contributed by atoms with Crippen LogP contribution in [-0.4, -0.2) is 42.0 Å². The van der Waals surface area contributed by atoms with Gasteiger partial charge in [0.05, 0.1) is 30.6 Å². The van der Waals surface area contributed by atoms with Crippen LogP contribution < -0.4 is 26.0 Å². The molecule has 2 aliphatic carbocycles. The van der Waals surface area contributed by atoms with Crippen LogP contribution in [0.2, 0.25) is 5.02 Å². The predicted octanol–water partition coefficient (Wildman–Crippen LogP) is 4.00. The van der Waals surface area contributed by atoms with Crippen molar-refractivity contribution in [2.45, 2.75) is 44.6 Å². The molecule has 2 bridgehead atoms. The first-order valence-corrected chi connectivity index (χ1v) is 12.5. The van der Waals surface area contributed by atoms with E-state index in [0.717, 1.165) is 24.1 Å². The van der Waals surface area contributed by atoms with Crippen molar-refractivity contribution in [1.82, 2.24) is 9.97 Å². The van der Waals surface area contributed by atoms with Crippen molar-refractivity contribution < 1.29 is 14.3 Å². The lowest BCUT2D eigenvalue weighted by molar-refractivity contribution is -0.122. The zero-order valence-electron chi connectivity index (χ0n) is 20.8. The van der Waals surface area contributed by atoms with Crippen LogP contribution >= 0.6 is 11.6 Å². The van der Waals surface area contributed by atoms with E-state index in [1.54, 1.807) is 19.1 Å². The van der Waals surface area contributed by atoms with Crippen LogP contribution in [0.3, 0.4) is 0 Å². The van der Waals surface area contributed by atoms with Gasteiger partial charge in [-0.05, 0) is 41.7 Å². The Morgan fingerprint density at radius 2 is 2.03 bits per heavy atom. The second-order valence-electron chi connectivity index (χ2n) is 10.5. The Bertz CT molecular complexity index is 1260. The number of rotatable bonds is 6. The van der Waals surface area contributed by atoms with E-state index in [1.165, 1.54) is 6.20 Å². The summed E-state index contributed by atoms with van der Waals surface area (Å²) in [5.74, 6) is 1.10. The average Bonchev–Trinajstić information content (AvgIpc) is 3.43. The summed E-state index contributed by atoms with van der Waals surface area (Å²) in [6.07, 6.45) is 7.82. The highest BCUT2D eigenvalue weighted by Gasteiger charge is 2.47. The van der Waals surface area contributed by atoms with Crippen LogP contribution in [0.5, 0.6) is 5.75 Å². The van der Waals surface area contributed by atoms with Crippen LogP contribution in [-0.2, 0) is 15.0 Å². The van der Waals surface area contributed by atoms with Gasteiger partial charge in [-0.2, -0.15) is 4.98 Å². The number of methoxy groups -OCH3 is 1. The van der Waals surface area contributed by atoms with Crippen LogP contribution in [0, 0.1) is 17.8 Å². The Kier molecular flexibility index (Phi) is 6.06. The van der Waals surface area contributed by atoms with E-state index in [9.17, 15) is 9.59 Å². The maximum atomic E-state index is 12.6. The zero-order valence-corrected chi connectivity index (χ0v) is 21.6. The molecule has 3 aliphatic rings. The lowest BCUT2D eigenvalue weighted by atomic mass is 9.80. The topological polar surface area (TPSA) is 122 Å². The van der Waals surface area contributed by atoms with E-state index in [2.05, 4.69) is 46.6 Å². The van der Waals surface area contributed by atoms with Gasteiger partial charge in [-0.25, -0.2) is 4.98 Å². The minimum atomic E-state index is -0.325. The Balaban J connectivity index is 1.47. The van der Waals surface area contributed by atoms with Gasteiger partial charge in [-0.15, -0.1) is 0 Å². The van der Waals surface area contributed by atoms with Crippen LogP contribution in [0.15, 0.2) is 30.5 Å². The molecular weight excluding hydrogens is 480 g/mol. The maximum Gasteiger partial charge on any atom is 0.229 e. The first-order chi connectivity index (χ1) is 17.1. The highest BCUT2D eigenvalue weighted by atomic mass is 35.5. The molecule has 4 N–H and O–H groups in total. The summed E-state index contributed by atoms with van der Waals surface area (Å²) in [6, 6.07) is 3.70. The van der Waals surface area contributed by atoms with E-state index < -0.39 is 0 Å². The number of hydrogen-bond donors (Lipinski definition) is 3. The van der Waals surface area contributed by atoms with Gasteiger partial charge >= 0.3 is 0 Å². The Morgan fingerprint density at radius 3 is 2.75 bits per heavy atom. The molecule has 9 nitrogen and oxygen atoms in total. The van der Waals surface area contributed by atoms with Gasteiger partial charge in [0.15, 0.2) is 5.82 Å². The molecule has 2 amide bonds. The number of halogens is 1. The molecule has 0 unspecified atom stereocenters. The Labute approximate surface area is 215 Å². The van der Waals surface area contributed by atoms with Crippen molar-refractivity contribution in [1.29, 1.82) is 0 Å². The number of hydrogen-bond acceptors (Lipinski definition) is 7. The first kappa shape index (κ1) is 24.4. The number of nitrogens with zero attached hydrogens (tertiary/aromatic N) is 3. The third-order valence-corrected chi connectivity index (χ3v) is 8.10. The number of benzene rings is 1. The number of nitrogens with two attached hydrogens (primary N) is 1. The fraction of sp³-hybridized carbons (Fsp3) is 0.462. The van der Waals surface area contributed by atoms with Crippen molar-refractivity contribution in [2.24, 2.45) is 23.5 Å². The van der Waals surface area contributed by atoms with Crippen molar-refractivity contribution >= 4 is 46.6 Å². The van der Waals surface area contributed by atoms with Gasteiger partial charge in [-0.1, -0.05) is 37.6 Å². The molecule has 2 heterocycles. The third-order valence-electron chi connectivity index (χ3n) is 7.83. The molecule has 36 heavy (non-hydrogen) atoms. The van der Waals surface area contributed by atoms with Gasteiger partial charge in [0, 0.05) is 25.6 Å². The maximum absolute atomic E-state index is 12.6. The van der Waals surface area contributed by atoms with Gasteiger partial charge < -0.3 is 26.0 Å². The van der Waals surface area contributed by atoms with E-state index in [0.29, 0.717) is 34.6 Å². The molecule has 4 atom stereocenters. The lowest BCUT2D eigenvalue weighted by Gasteiger charge is -2.28. The number of amides is 2. The molecule has 2 aromatic rings. The molecule has 1 fully saturated rings. The SMILES string of the molecule is COc1cc2c(cc1Nc1ncc(Cl)c(N[C@H]3[C@@H](C(N)=O)[C@@H]4C=C[C@H]3C4)n1)C(C)(C)CCC(=O)N2C. The molecule has 1 saturated carbocycles. The number of ether oxygens (including phenoxy) is 1. The summed E-state index contributed by atoms with van der Waals surface area (Å²) < 4.78 is 5.65. The number of carbonyl (C=O) groups is 2. The quantitative estimate of drug-likeness (QED) is 0.502. The second kappa shape index (κ2) is 8.96. The van der Waals surface area contributed by atoms with Crippen molar-refractivity contribution in [3.63, 3.8) is 0 Å². The monoisotopic (exact) mass is 510 g/mol. The van der Waals surface area contributed by atoms with Gasteiger partial charge in [0.1, 0.15) is 10.8 Å². The molecule has 5 rings (SSSR count). The van der Waals surface area contributed by atoms with Crippen LogP contribution in [0.4, 0.5) is 23.1 Å². The van der Waals surface area contributed by atoms with E-state index in [4.69, 9.17) is 22.1 Å². The molecule has 190 valence electrons. The molecular formula is C26H31ClN6O3. The number of nitrogens with one attached hydrogen (secondary N) is 2. The molecule has 1 aromatic heterocycles. The highest BCUT2D eigenvalue weighted by molar-refractivity contribution is 6.32. The highest BCUT2D eigenvalue weighted by Crippen LogP contribution is 2.46. The van der Waals surface area contributed by atoms with E-state index in [1.807, 2.05) is 12.1 Å². The van der Waals surface area contributed by atoms with Crippen LogP contribution in [0.1, 0.15) is 38.7 Å².